The molecule has 0 saturated heterocycles. The molecular weight excluding hydrogens is 216 g/mol. The molecule has 0 unspecified atom stereocenters. The van der Waals surface area contributed by atoms with Gasteiger partial charge in [0, 0.05) is 17.6 Å². The van der Waals surface area contributed by atoms with Gasteiger partial charge in [0.1, 0.15) is 5.69 Å². The Kier molecular flexibility index (Phi) is 2.82. The fraction of sp³-hybridized carbons (Fsp3) is 0.167. The molecule has 2 rings (SSSR count). The normalized spacial score (nSPS) is 10.2. The van der Waals surface area contributed by atoms with E-state index in [2.05, 4.69) is 15.5 Å². The Labute approximate surface area is 99.0 Å². The number of benzene rings is 1. The molecular formula is C12H14N4O. The lowest BCUT2D eigenvalue weighted by molar-refractivity contribution is 0.102. The SMILES string of the molecule is Cc1ccc(N)c(C)c1NC(=O)c1ccn[nH]1. The highest BCUT2D eigenvalue weighted by Crippen LogP contribution is 2.25. The second-order valence-corrected chi connectivity index (χ2v) is 3.90. The summed E-state index contributed by atoms with van der Waals surface area (Å²) in [5.41, 5.74) is 9.50. The molecule has 2 aromatic rings. The third-order valence-electron chi connectivity index (χ3n) is 2.70. The van der Waals surface area contributed by atoms with Crippen molar-refractivity contribution in [2.45, 2.75) is 13.8 Å². The molecule has 0 radical (unpaired) electrons. The lowest BCUT2D eigenvalue weighted by atomic mass is 10.1. The van der Waals surface area contributed by atoms with Gasteiger partial charge in [0.15, 0.2) is 0 Å². The van der Waals surface area contributed by atoms with Gasteiger partial charge < -0.3 is 11.1 Å². The summed E-state index contributed by atoms with van der Waals surface area (Å²) >= 11 is 0. The number of hydrogen-bond donors (Lipinski definition) is 3. The van der Waals surface area contributed by atoms with Crippen molar-refractivity contribution >= 4 is 17.3 Å². The Bertz CT molecular complexity index is 546. The van der Waals surface area contributed by atoms with Crippen molar-refractivity contribution in [2.75, 3.05) is 11.1 Å². The van der Waals surface area contributed by atoms with E-state index in [1.807, 2.05) is 26.0 Å². The fourth-order valence-corrected chi connectivity index (χ4v) is 1.62. The van der Waals surface area contributed by atoms with Gasteiger partial charge in [-0.1, -0.05) is 6.07 Å². The number of nitrogens with zero attached hydrogens (tertiary/aromatic N) is 1. The number of anilines is 2. The second kappa shape index (κ2) is 4.29. The number of aryl methyl sites for hydroxylation is 1. The Hall–Kier alpha value is -2.30. The van der Waals surface area contributed by atoms with Crippen LogP contribution in [-0.2, 0) is 0 Å². The van der Waals surface area contributed by atoms with Crippen molar-refractivity contribution in [1.82, 2.24) is 10.2 Å². The predicted octanol–water partition coefficient (Wildman–Crippen LogP) is 1.86. The Morgan fingerprint density at radius 1 is 1.35 bits per heavy atom. The van der Waals surface area contributed by atoms with Gasteiger partial charge in [-0.2, -0.15) is 5.10 Å². The van der Waals surface area contributed by atoms with E-state index in [-0.39, 0.29) is 5.91 Å². The van der Waals surface area contributed by atoms with Crippen LogP contribution < -0.4 is 11.1 Å². The van der Waals surface area contributed by atoms with Crippen LogP contribution in [0.15, 0.2) is 24.4 Å². The number of hydrogen-bond acceptors (Lipinski definition) is 3. The molecule has 5 nitrogen and oxygen atoms in total. The third kappa shape index (κ3) is 2.13. The largest absolute Gasteiger partial charge is 0.398 e. The number of aromatic amines is 1. The van der Waals surface area contributed by atoms with Gasteiger partial charge in [-0.3, -0.25) is 9.89 Å². The van der Waals surface area contributed by atoms with E-state index < -0.39 is 0 Å². The first kappa shape index (κ1) is 11.2. The van der Waals surface area contributed by atoms with Crippen molar-refractivity contribution in [2.24, 2.45) is 0 Å². The second-order valence-electron chi connectivity index (χ2n) is 3.90. The number of aromatic nitrogens is 2. The molecule has 0 atom stereocenters. The van der Waals surface area contributed by atoms with Gasteiger partial charge in [0.05, 0.1) is 0 Å². The van der Waals surface area contributed by atoms with E-state index in [9.17, 15) is 4.79 Å². The van der Waals surface area contributed by atoms with Crippen LogP contribution in [-0.4, -0.2) is 16.1 Å². The minimum absolute atomic E-state index is 0.223. The lowest BCUT2D eigenvalue weighted by Gasteiger charge is -2.12. The minimum Gasteiger partial charge on any atom is -0.398 e. The van der Waals surface area contributed by atoms with Crippen LogP contribution in [0.4, 0.5) is 11.4 Å². The zero-order chi connectivity index (χ0) is 12.4. The summed E-state index contributed by atoms with van der Waals surface area (Å²) in [5, 5.41) is 9.19. The molecule has 1 heterocycles. The standard InChI is InChI=1S/C12H14N4O/c1-7-3-4-9(13)8(2)11(7)15-12(17)10-5-6-14-16-10/h3-6H,13H2,1-2H3,(H,14,16)(H,15,17). The molecule has 0 bridgehead atoms. The molecule has 0 aliphatic heterocycles. The van der Waals surface area contributed by atoms with E-state index in [1.54, 1.807) is 6.07 Å². The summed E-state index contributed by atoms with van der Waals surface area (Å²) in [6.07, 6.45) is 1.54. The molecule has 1 aromatic carbocycles. The van der Waals surface area contributed by atoms with Gasteiger partial charge >= 0.3 is 0 Å². The number of carbonyl (C=O) groups is 1. The van der Waals surface area contributed by atoms with Crippen molar-refractivity contribution < 1.29 is 4.79 Å². The third-order valence-corrected chi connectivity index (χ3v) is 2.70. The molecule has 88 valence electrons. The molecule has 0 saturated carbocycles. The van der Waals surface area contributed by atoms with Crippen LogP contribution in [0, 0.1) is 13.8 Å². The van der Waals surface area contributed by atoms with Crippen molar-refractivity contribution in [3.63, 3.8) is 0 Å². The van der Waals surface area contributed by atoms with Crippen molar-refractivity contribution in [3.05, 3.63) is 41.2 Å². The monoisotopic (exact) mass is 230 g/mol. The summed E-state index contributed by atoms with van der Waals surface area (Å²) in [7, 11) is 0. The average Bonchev–Trinajstić information content (AvgIpc) is 2.83. The van der Waals surface area contributed by atoms with Crippen molar-refractivity contribution in [3.8, 4) is 0 Å². The summed E-state index contributed by atoms with van der Waals surface area (Å²) < 4.78 is 0. The summed E-state index contributed by atoms with van der Waals surface area (Å²) in [5.74, 6) is -0.223. The molecule has 0 fully saturated rings. The van der Waals surface area contributed by atoms with E-state index in [0.29, 0.717) is 11.4 Å². The van der Waals surface area contributed by atoms with Gasteiger partial charge in [-0.05, 0) is 37.1 Å². The lowest BCUT2D eigenvalue weighted by Crippen LogP contribution is -2.14. The highest BCUT2D eigenvalue weighted by molar-refractivity contribution is 6.04. The zero-order valence-corrected chi connectivity index (χ0v) is 9.74. The van der Waals surface area contributed by atoms with Gasteiger partial charge in [0.25, 0.3) is 5.91 Å². The Balaban J connectivity index is 2.31. The summed E-state index contributed by atoms with van der Waals surface area (Å²) in [4.78, 5) is 11.9. The van der Waals surface area contributed by atoms with Crippen LogP contribution >= 0.6 is 0 Å². The summed E-state index contributed by atoms with van der Waals surface area (Å²) in [6, 6.07) is 5.33. The fourth-order valence-electron chi connectivity index (χ4n) is 1.62. The van der Waals surface area contributed by atoms with Gasteiger partial charge in [-0.25, -0.2) is 0 Å². The maximum absolute atomic E-state index is 11.9. The van der Waals surface area contributed by atoms with Crippen LogP contribution in [0.2, 0.25) is 0 Å². The minimum atomic E-state index is -0.223. The molecule has 0 aliphatic rings. The van der Waals surface area contributed by atoms with Crippen LogP contribution in [0.5, 0.6) is 0 Å². The van der Waals surface area contributed by atoms with Gasteiger partial charge in [-0.15, -0.1) is 0 Å². The Morgan fingerprint density at radius 2 is 2.12 bits per heavy atom. The number of nitrogens with one attached hydrogen (secondary N) is 2. The maximum atomic E-state index is 11.9. The number of H-pyrrole nitrogens is 1. The molecule has 5 heteroatoms. The molecule has 1 amide bonds. The molecule has 0 aliphatic carbocycles. The molecule has 1 aromatic heterocycles. The highest BCUT2D eigenvalue weighted by Gasteiger charge is 2.11. The smallest absolute Gasteiger partial charge is 0.273 e. The summed E-state index contributed by atoms with van der Waals surface area (Å²) in [6.45, 7) is 3.81. The quantitative estimate of drug-likeness (QED) is 0.688. The molecule has 17 heavy (non-hydrogen) atoms. The molecule has 0 spiro atoms. The maximum Gasteiger partial charge on any atom is 0.273 e. The van der Waals surface area contributed by atoms with Crippen LogP contribution in [0.3, 0.4) is 0 Å². The van der Waals surface area contributed by atoms with Crippen LogP contribution in [0.1, 0.15) is 21.6 Å². The highest BCUT2D eigenvalue weighted by atomic mass is 16.1. The number of nitrogens with two attached hydrogens (primary N) is 1. The van der Waals surface area contributed by atoms with Gasteiger partial charge in [0.2, 0.25) is 0 Å². The van der Waals surface area contributed by atoms with Crippen molar-refractivity contribution in [1.29, 1.82) is 0 Å². The van der Waals surface area contributed by atoms with E-state index in [1.165, 1.54) is 6.20 Å². The van der Waals surface area contributed by atoms with E-state index in [0.717, 1.165) is 16.8 Å². The van der Waals surface area contributed by atoms with E-state index in [4.69, 9.17) is 5.73 Å². The first-order chi connectivity index (χ1) is 8.09. The molecule has 4 N–H and O–H groups in total. The zero-order valence-electron chi connectivity index (χ0n) is 9.74. The average molecular weight is 230 g/mol. The first-order valence-electron chi connectivity index (χ1n) is 5.26. The van der Waals surface area contributed by atoms with Crippen LogP contribution in [0.25, 0.3) is 0 Å². The van der Waals surface area contributed by atoms with E-state index >= 15 is 0 Å². The number of amides is 1. The number of carbonyl (C=O) groups excluding carboxylic acids is 1. The topological polar surface area (TPSA) is 83.8 Å². The number of rotatable bonds is 2. The predicted molar refractivity (Wildman–Crippen MR) is 66.9 cm³/mol. The number of nitrogen functional groups attached to an aromatic ring is 1. The first-order valence-corrected chi connectivity index (χ1v) is 5.26. The Morgan fingerprint density at radius 3 is 2.76 bits per heavy atom.